The number of pyridine rings is 2. The third kappa shape index (κ3) is 4.10. The summed E-state index contributed by atoms with van der Waals surface area (Å²) in [5.41, 5.74) is 2.12. The Hall–Kier alpha value is -2.55. The lowest BCUT2D eigenvalue weighted by Gasteiger charge is -2.42. The molecular formula is C21H24N6OS. The van der Waals surface area contributed by atoms with Crippen LogP contribution in [0.25, 0.3) is 10.6 Å². The molecular weight excluding hydrogens is 384 g/mol. The summed E-state index contributed by atoms with van der Waals surface area (Å²) >= 11 is 1.58. The highest BCUT2D eigenvalue weighted by molar-refractivity contribution is 7.18. The summed E-state index contributed by atoms with van der Waals surface area (Å²) in [6, 6.07) is 10.7. The molecule has 0 unspecified atom stereocenters. The van der Waals surface area contributed by atoms with E-state index in [9.17, 15) is 0 Å². The van der Waals surface area contributed by atoms with Crippen LogP contribution in [0.2, 0.25) is 0 Å². The van der Waals surface area contributed by atoms with Crippen LogP contribution in [-0.4, -0.2) is 65.3 Å². The van der Waals surface area contributed by atoms with Crippen molar-refractivity contribution in [3.63, 3.8) is 0 Å². The summed E-state index contributed by atoms with van der Waals surface area (Å²) in [5.74, 6) is 1.86. The Balaban J connectivity index is 1.28. The smallest absolute Gasteiger partial charge is 0.188 e. The van der Waals surface area contributed by atoms with Gasteiger partial charge in [-0.1, -0.05) is 17.4 Å². The SMILES string of the molecule is Cc1cc(Nc2ncc(-c3ccccn3)s2)nc(N2CCN(C3COC3)CC2)c1. The van der Waals surface area contributed by atoms with Gasteiger partial charge in [-0.05, 0) is 36.8 Å². The molecule has 0 saturated carbocycles. The fourth-order valence-corrected chi connectivity index (χ4v) is 4.49. The molecule has 2 aliphatic rings. The highest BCUT2D eigenvalue weighted by Crippen LogP contribution is 2.30. The number of hydrogen-bond donors (Lipinski definition) is 1. The van der Waals surface area contributed by atoms with Crippen molar-refractivity contribution in [2.24, 2.45) is 0 Å². The highest BCUT2D eigenvalue weighted by atomic mass is 32.1. The molecule has 5 rings (SSSR count). The van der Waals surface area contributed by atoms with Crippen molar-refractivity contribution >= 4 is 28.1 Å². The van der Waals surface area contributed by atoms with Gasteiger partial charge >= 0.3 is 0 Å². The molecule has 29 heavy (non-hydrogen) atoms. The molecule has 2 saturated heterocycles. The van der Waals surface area contributed by atoms with Crippen molar-refractivity contribution in [1.29, 1.82) is 0 Å². The maximum atomic E-state index is 5.33. The number of hydrogen-bond acceptors (Lipinski definition) is 8. The second-order valence-corrected chi connectivity index (χ2v) is 8.50. The molecule has 2 fully saturated rings. The average Bonchev–Trinajstić information content (AvgIpc) is 3.16. The first-order chi connectivity index (χ1) is 14.2. The van der Waals surface area contributed by atoms with E-state index in [0.717, 1.165) is 66.7 Å². The first-order valence-corrected chi connectivity index (χ1v) is 10.8. The topological polar surface area (TPSA) is 66.4 Å². The van der Waals surface area contributed by atoms with Crippen molar-refractivity contribution in [2.75, 3.05) is 49.6 Å². The van der Waals surface area contributed by atoms with Gasteiger partial charge in [0.05, 0.1) is 29.8 Å². The predicted molar refractivity (Wildman–Crippen MR) is 116 cm³/mol. The molecule has 2 aliphatic heterocycles. The molecule has 0 bridgehead atoms. The second-order valence-electron chi connectivity index (χ2n) is 7.47. The van der Waals surface area contributed by atoms with Crippen molar-refractivity contribution in [3.8, 4) is 10.6 Å². The van der Waals surface area contributed by atoms with Gasteiger partial charge in [-0.15, -0.1) is 0 Å². The van der Waals surface area contributed by atoms with E-state index in [0.29, 0.717) is 6.04 Å². The van der Waals surface area contributed by atoms with E-state index < -0.39 is 0 Å². The van der Waals surface area contributed by atoms with E-state index in [-0.39, 0.29) is 0 Å². The normalized spacial score (nSPS) is 17.9. The Morgan fingerprint density at radius 1 is 1.10 bits per heavy atom. The second kappa shape index (κ2) is 8.06. The van der Waals surface area contributed by atoms with Gasteiger partial charge in [-0.25, -0.2) is 9.97 Å². The van der Waals surface area contributed by atoms with Gasteiger partial charge < -0.3 is 15.0 Å². The molecule has 7 nitrogen and oxygen atoms in total. The Kier molecular flexibility index (Phi) is 5.13. The van der Waals surface area contributed by atoms with Crippen LogP contribution in [0.1, 0.15) is 5.56 Å². The van der Waals surface area contributed by atoms with Crippen LogP contribution >= 0.6 is 11.3 Å². The quantitative estimate of drug-likeness (QED) is 0.695. The van der Waals surface area contributed by atoms with E-state index >= 15 is 0 Å². The van der Waals surface area contributed by atoms with Crippen LogP contribution < -0.4 is 10.2 Å². The molecule has 5 heterocycles. The largest absolute Gasteiger partial charge is 0.378 e. The van der Waals surface area contributed by atoms with Crippen LogP contribution in [-0.2, 0) is 4.74 Å². The molecule has 150 valence electrons. The molecule has 8 heteroatoms. The standard InChI is InChI=1S/C21H24N6OS/c1-15-10-19(25-21-23-12-18(29-21)17-4-2-3-5-22-17)24-20(11-15)27-8-6-26(7-9-27)16-13-28-14-16/h2-5,10-12,16H,6-9,13-14H2,1H3,(H,23,24,25). The lowest BCUT2D eigenvalue weighted by molar-refractivity contribution is -0.0660. The number of aryl methyl sites for hydroxylation is 1. The number of piperazine rings is 1. The number of nitrogens with zero attached hydrogens (tertiary/aromatic N) is 5. The Labute approximate surface area is 174 Å². The van der Waals surface area contributed by atoms with Crippen molar-refractivity contribution < 1.29 is 4.74 Å². The molecule has 1 N–H and O–H groups in total. The summed E-state index contributed by atoms with van der Waals surface area (Å²) < 4.78 is 5.33. The number of anilines is 3. The van der Waals surface area contributed by atoms with Gasteiger partial charge in [-0.2, -0.15) is 0 Å². The maximum absolute atomic E-state index is 5.33. The maximum Gasteiger partial charge on any atom is 0.188 e. The molecule has 0 amide bonds. The number of nitrogens with one attached hydrogen (secondary N) is 1. The average molecular weight is 409 g/mol. The first-order valence-electron chi connectivity index (χ1n) is 9.94. The van der Waals surface area contributed by atoms with Crippen LogP contribution in [0.3, 0.4) is 0 Å². The van der Waals surface area contributed by atoms with Crippen LogP contribution in [0.15, 0.2) is 42.7 Å². The number of ether oxygens (including phenoxy) is 1. The predicted octanol–water partition coefficient (Wildman–Crippen LogP) is 3.17. The molecule has 0 aliphatic carbocycles. The minimum Gasteiger partial charge on any atom is -0.378 e. The summed E-state index contributed by atoms with van der Waals surface area (Å²) in [7, 11) is 0. The van der Waals surface area contributed by atoms with Gasteiger partial charge in [0.1, 0.15) is 11.6 Å². The number of aromatic nitrogens is 3. The van der Waals surface area contributed by atoms with Crippen LogP contribution in [0.5, 0.6) is 0 Å². The zero-order valence-corrected chi connectivity index (χ0v) is 17.2. The van der Waals surface area contributed by atoms with Gasteiger partial charge in [0.25, 0.3) is 0 Å². The van der Waals surface area contributed by atoms with Gasteiger partial charge in [0.15, 0.2) is 5.13 Å². The fraction of sp³-hybridized carbons (Fsp3) is 0.381. The molecule has 0 spiro atoms. The Bertz CT molecular complexity index is 966. The van der Waals surface area contributed by atoms with Gasteiger partial charge in [-0.3, -0.25) is 9.88 Å². The third-order valence-corrected chi connectivity index (χ3v) is 6.32. The minimum absolute atomic E-state index is 0.609. The van der Waals surface area contributed by atoms with E-state index in [1.54, 1.807) is 17.5 Å². The summed E-state index contributed by atoms with van der Waals surface area (Å²) in [6.45, 7) is 7.98. The van der Waals surface area contributed by atoms with Crippen molar-refractivity contribution in [1.82, 2.24) is 19.9 Å². The molecule has 3 aromatic heterocycles. The number of thiazole rings is 1. The fourth-order valence-electron chi connectivity index (χ4n) is 3.69. The van der Waals surface area contributed by atoms with E-state index in [1.807, 2.05) is 24.4 Å². The van der Waals surface area contributed by atoms with Crippen LogP contribution in [0.4, 0.5) is 16.8 Å². The summed E-state index contributed by atoms with van der Waals surface area (Å²) in [6.07, 6.45) is 3.66. The van der Waals surface area contributed by atoms with E-state index in [1.165, 1.54) is 5.56 Å². The van der Waals surface area contributed by atoms with Crippen molar-refractivity contribution in [3.05, 3.63) is 48.3 Å². The minimum atomic E-state index is 0.609. The molecule has 0 radical (unpaired) electrons. The summed E-state index contributed by atoms with van der Waals surface area (Å²) in [5, 5.41) is 4.20. The van der Waals surface area contributed by atoms with E-state index in [4.69, 9.17) is 9.72 Å². The highest BCUT2D eigenvalue weighted by Gasteiger charge is 2.29. The Morgan fingerprint density at radius 2 is 1.97 bits per heavy atom. The van der Waals surface area contributed by atoms with Gasteiger partial charge in [0, 0.05) is 38.6 Å². The lowest BCUT2D eigenvalue weighted by Crippen LogP contribution is -2.56. The molecule has 0 atom stereocenters. The van der Waals surface area contributed by atoms with Crippen molar-refractivity contribution in [2.45, 2.75) is 13.0 Å². The van der Waals surface area contributed by atoms with Gasteiger partial charge in [0.2, 0.25) is 0 Å². The first kappa shape index (κ1) is 18.5. The molecule has 0 aromatic carbocycles. The number of rotatable bonds is 5. The molecule has 3 aromatic rings. The zero-order valence-electron chi connectivity index (χ0n) is 16.4. The monoisotopic (exact) mass is 408 g/mol. The van der Waals surface area contributed by atoms with E-state index in [2.05, 4.69) is 44.1 Å². The summed E-state index contributed by atoms with van der Waals surface area (Å²) in [4.78, 5) is 19.7. The Morgan fingerprint density at radius 3 is 2.69 bits per heavy atom. The van der Waals surface area contributed by atoms with Crippen LogP contribution in [0, 0.1) is 6.92 Å². The zero-order chi connectivity index (χ0) is 19.6. The lowest BCUT2D eigenvalue weighted by atomic mass is 10.2. The third-order valence-electron chi connectivity index (χ3n) is 5.39.